The summed E-state index contributed by atoms with van der Waals surface area (Å²) in [4.78, 5) is 30.1. The van der Waals surface area contributed by atoms with Crippen molar-refractivity contribution in [3.63, 3.8) is 0 Å². The van der Waals surface area contributed by atoms with E-state index < -0.39 is 0 Å². The monoisotopic (exact) mass is 303 g/mol. The highest BCUT2D eigenvalue weighted by Gasteiger charge is 2.26. The molecule has 22 heavy (non-hydrogen) atoms. The molecular formula is C17H25N3O2. The van der Waals surface area contributed by atoms with E-state index in [-0.39, 0.29) is 23.3 Å². The number of rotatable bonds is 3. The minimum Gasteiger partial charge on any atom is -0.349 e. The molecule has 0 aliphatic carbocycles. The summed E-state index contributed by atoms with van der Waals surface area (Å²) >= 11 is 0. The van der Waals surface area contributed by atoms with Crippen LogP contribution in [0.4, 0.5) is 0 Å². The molecule has 1 N–H and O–H groups in total. The van der Waals surface area contributed by atoms with Crippen molar-refractivity contribution in [3.05, 3.63) is 30.1 Å². The van der Waals surface area contributed by atoms with Crippen molar-refractivity contribution >= 4 is 11.8 Å². The van der Waals surface area contributed by atoms with Crippen LogP contribution in [0.25, 0.3) is 0 Å². The topological polar surface area (TPSA) is 62.3 Å². The van der Waals surface area contributed by atoms with Gasteiger partial charge in [-0.1, -0.05) is 20.8 Å². The molecule has 1 aromatic heterocycles. The fourth-order valence-electron chi connectivity index (χ4n) is 2.61. The van der Waals surface area contributed by atoms with E-state index in [0.29, 0.717) is 12.0 Å². The van der Waals surface area contributed by atoms with Crippen LogP contribution in [0.15, 0.2) is 24.5 Å². The van der Waals surface area contributed by atoms with Gasteiger partial charge in [0.2, 0.25) is 5.91 Å². The Morgan fingerprint density at radius 1 is 1.23 bits per heavy atom. The first-order valence-corrected chi connectivity index (χ1v) is 7.84. The Labute approximate surface area is 132 Å². The summed E-state index contributed by atoms with van der Waals surface area (Å²) in [5.74, 6) is 0.147. The van der Waals surface area contributed by atoms with Crippen molar-refractivity contribution in [2.75, 3.05) is 13.1 Å². The zero-order valence-electron chi connectivity index (χ0n) is 13.6. The van der Waals surface area contributed by atoms with Crippen LogP contribution in [0.3, 0.4) is 0 Å². The molecule has 1 saturated heterocycles. The average molecular weight is 303 g/mol. The molecule has 0 aromatic carbocycles. The van der Waals surface area contributed by atoms with Gasteiger partial charge in [0.25, 0.3) is 5.91 Å². The molecule has 0 atom stereocenters. The average Bonchev–Trinajstić information content (AvgIpc) is 2.47. The number of carbonyl (C=O) groups excluding carboxylic acids is 2. The maximum absolute atomic E-state index is 12.2. The maximum Gasteiger partial charge on any atom is 0.251 e. The highest BCUT2D eigenvalue weighted by Crippen LogP contribution is 2.21. The summed E-state index contributed by atoms with van der Waals surface area (Å²) in [5.41, 5.74) is 0.644. The number of nitrogens with zero attached hydrogens (tertiary/aromatic N) is 2. The summed E-state index contributed by atoms with van der Waals surface area (Å²) in [5, 5.41) is 3.04. The third-order valence-corrected chi connectivity index (χ3v) is 3.81. The van der Waals surface area contributed by atoms with Crippen LogP contribution in [0.1, 0.15) is 50.4 Å². The van der Waals surface area contributed by atoms with E-state index in [1.54, 1.807) is 24.5 Å². The Balaban J connectivity index is 1.80. The van der Waals surface area contributed by atoms with E-state index in [1.807, 2.05) is 4.90 Å². The molecule has 2 heterocycles. The van der Waals surface area contributed by atoms with Crippen molar-refractivity contribution in [1.29, 1.82) is 0 Å². The lowest BCUT2D eigenvalue weighted by molar-refractivity contribution is -0.134. The predicted octanol–water partition coefficient (Wildman–Crippen LogP) is 2.24. The van der Waals surface area contributed by atoms with E-state index in [4.69, 9.17) is 0 Å². The van der Waals surface area contributed by atoms with Crippen molar-refractivity contribution in [3.8, 4) is 0 Å². The van der Waals surface area contributed by atoms with Crippen LogP contribution in [0.2, 0.25) is 0 Å². The molecule has 1 fully saturated rings. The highest BCUT2D eigenvalue weighted by molar-refractivity contribution is 5.94. The smallest absolute Gasteiger partial charge is 0.251 e. The second-order valence-corrected chi connectivity index (χ2v) is 7.10. The van der Waals surface area contributed by atoms with Gasteiger partial charge in [-0.2, -0.15) is 0 Å². The van der Waals surface area contributed by atoms with Gasteiger partial charge in [0, 0.05) is 43.5 Å². The zero-order chi connectivity index (χ0) is 16.2. The van der Waals surface area contributed by atoms with E-state index in [1.165, 1.54) is 0 Å². The van der Waals surface area contributed by atoms with E-state index in [9.17, 15) is 9.59 Å². The Morgan fingerprint density at radius 3 is 2.36 bits per heavy atom. The Kier molecular flexibility index (Phi) is 5.16. The summed E-state index contributed by atoms with van der Waals surface area (Å²) < 4.78 is 0. The predicted molar refractivity (Wildman–Crippen MR) is 85.4 cm³/mol. The van der Waals surface area contributed by atoms with E-state index >= 15 is 0 Å². The van der Waals surface area contributed by atoms with Gasteiger partial charge in [-0.05, 0) is 30.4 Å². The summed E-state index contributed by atoms with van der Waals surface area (Å²) in [6.45, 7) is 7.66. The Hall–Kier alpha value is -1.91. The second-order valence-electron chi connectivity index (χ2n) is 7.10. The molecule has 2 amide bonds. The van der Waals surface area contributed by atoms with Crippen LogP contribution in [0.5, 0.6) is 0 Å². The molecule has 0 radical (unpaired) electrons. The number of carbonyl (C=O) groups is 2. The molecule has 1 aliphatic heterocycles. The number of hydrogen-bond donors (Lipinski definition) is 1. The lowest BCUT2D eigenvalue weighted by atomic mass is 9.91. The van der Waals surface area contributed by atoms with Crippen LogP contribution in [0, 0.1) is 5.41 Å². The van der Waals surface area contributed by atoms with Crippen LogP contribution < -0.4 is 5.32 Å². The number of likely N-dealkylation sites (tertiary alicyclic amines) is 1. The van der Waals surface area contributed by atoms with Crippen LogP contribution in [-0.4, -0.2) is 40.8 Å². The first-order chi connectivity index (χ1) is 10.3. The number of nitrogens with one attached hydrogen (secondary N) is 1. The van der Waals surface area contributed by atoms with Gasteiger partial charge in [0.05, 0.1) is 0 Å². The molecule has 1 aliphatic rings. The largest absolute Gasteiger partial charge is 0.349 e. The maximum atomic E-state index is 12.2. The molecule has 0 spiro atoms. The SMILES string of the molecule is CC(C)(C)CC(=O)N1CCC(NC(=O)c2ccncc2)CC1. The van der Waals surface area contributed by atoms with Gasteiger partial charge in [-0.3, -0.25) is 14.6 Å². The lowest BCUT2D eigenvalue weighted by Gasteiger charge is -2.34. The third-order valence-electron chi connectivity index (χ3n) is 3.81. The molecule has 1 aromatic rings. The number of hydrogen-bond acceptors (Lipinski definition) is 3. The minimum absolute atomic E-state index is 0.0174. The quantitative estimate of drug-likeness (QED) is 0.931. The lowest BCUT2D eigenvalue weighted by Crippen LogP contribution is -2.47. The van der Waals surface area contributed by atoms with Crippen LogP contribution >= 0.6 is 0 Å². The third kappa shape index (κ3) is 4.83. The number of piperidine rings is 1. The fraction of sp³-hybridized carbons (Fsp3) is 0.588. The molecule has 5 heteroatoms. The van der Waals surface area contributed by atoms with E-state index in [0.717, 1.165) is 25.9 Å². The first-order valence-electron chi connectivity index (χ1n) is 7.84. The number of aromatic nitrogens is 1. The molecule has 0 saturated carbocycles. The molecular weight excluding hydrogens is 278 g/mol. The van der Waals surface area contributed by atoms with Crippen molar-refractivity contribution in [1.82, 2.24) is 15.2 Å². The van der Waals surface area contributed by atoms with Gasteiger partial charge in [0.15, 0.2) is 0 Å². The Bertz CT molecular complexity index is 514. The van der Waals surface area contributed by atoms with Crippen LogP contribution in [-0.2, 0) is 4.79 Å². The zero-order valence-corrected chi connectivity index (χ0v) is 13.6. The van der Waals surface area contributed by atoms with Crippen molar-refractivity contribution in [2.45, 2.75) is 46.1 Å². The van der Waals surface area contributed by atoms with Gasteiger partial charge in [-0.25, -0.2) is 0 Å². The first kappa shape index (κ1) is 16.5. The molecule has 2 rings (SSSR count). The van der Waals surface area contributed by atoms with Gasteiger partial charge < -0.3 is 10.2 Å². The van der Waals surface area contributed by atoms with E-state index in [2.05, 4.69) is 31.1 Å². The Morgan fingerprint density at radius 2 is 1.82 bits per heavy atom. The number of amides is 2. The van der Waals surface area contributed by atoms with Gasteiger partial charge in [-0.15, -0.1) is 0 Å². The van der Waals surface area contributed by atoms with Crippen molar-refractivity contribution in [2.24, 2.45) is 5.41 Å². The van der Waals surface area contributed by atoms with Gasteiger partial charge in [0.1, 0.15) is 0 Å². The fourth-order valence-corrected chi connectivity index (χ4v) is 2.61. The number of pyridine rings is 1. The van der Waals surface area contributed by atoms with Gasteiger partial charge >= 0.3 is 0 Å². The second kappa shape index (κ2) is 6.90. The summed E-state index contributed by atoms with van der Waals surface area (Å²) in [6.07, 6.45) is 5.42. The summed E-state index contributed by atoms with van der Waals surface area (Å²) in [7, 11) is 0. The molecule has 5 nitrogen and oxygen atoms in total. The minimum atomic E-state index is -0.0677. The molecule has 0 bridgehead atoms. The highest BCUT2D eigenvalue weighted by atomic mass is 16.2. The van der Waals surface area contributed by atoms with Crippen molar-refractivity contribution < 1.29 is 9.59 Å². The molecule has 0 unspecified atom stereocenters. The normalized spacial score (nSPS) is 16.4. The standard InChI is InChI=1S/C17H25N3O2/c1-17(2,3)12-15(21)20-10-6-14(7-11-20)19-16(22)13-4-8-18-9-5-13/h4-5,8-9,14H,6-7,10-12H2,1-3H3,(H,19,22). The molecule has 120 valence electrons. The summed E-state index contributed by atoms with van der Waals surface area (Å²) in [6, 6.07) is 3.55.